The summed E-state index contributed by atoms with van der Waals surface area (Å²) >= 11 is 0. The van der Waals surface area contributed by atoms with Gasteiger partial charge in [-0.15, -0.1) is 0 Å². The van der Waals surface area contributed by atoms with E-state index in [-0.39, 0.29) is 11.4 Å². The van der Waals surface area contributed by atoms with E-state index in [0.717, 1.165) is 20.8 Å². The van der Waals surface area contributed by atoms with Crippen molar-refractivity contribution in [3.8, 4) is 5.75 Å². The van der Waals surface area contributed by atoms with Crippen LogP contribution in [0.2, 0.25) is 0 Å². The van der Waals surface area contributed by atoms with Gasteiger partial charge in [0.05, 0.1) is 4.92 Å². The number of para-hydroxylation sites is 2. The molecule has 1 N–H and O–H groups in total. The lowest BCUT2D eigenvalue weighted by molar-refractivity contribution is -0.386. The summed E-state index contributed by atoms with van der Waals surface area (Å²) in [6.07, 6.45) is -5.28. The first-order valence-electron chi connectivity index (χ1n) is 9.80. The van der Waals surface area contributed by atoms with Crippen molar-refractivity contribution in [3.63, 3.8) is 0 Å². The van der Waals surface area contributed by atoms with E-state index in [9.17, 15) is 29.3 Å². The van der Waals surface area contributed by atoms with Crippen molar-refractivity contribution in [2.24, 2.45) is 0 Å². The second-order valence-corrected chi connectivity index (χ2v) is 7.06. The Morgan fingerprint density at radius 2 is 1.61 bits per heavy atom. The molecule has 1 aliphatic rings. The molecule has 0 aromatic heterocycles. The number of ether oxygens (including phenoxy) is 5. The molecule has 1 aromatic carbocycles. The van der Waals surface area contributed by atoms with Gasteiger partial charge in [0, 0.05) is 33.8 Å². The molecule has 0 radical (unpaired) electrons. The van der Waals surface area contributed by atoms with Crippen LogP contribution in [-0.2, 0) is 38.1 Å². The van der Waals surface area contributed by atoms with Crippen LogP contribution in [0.4, 0.5) is 5.69 Å². The number of carbonyl (C=O) groups excluding carboxylic acids is 4. The first kappa shape index (κ1) is 25.5. The van der Waals surface area contributed by atoms with E-state index in [1.54, 1.807) is 0 Å². The number of nitro groups is 1. The summed E-state index contributed by atoms with van der Waals surface area (Å²) in [5, 5.41) is 13.9. The van der Waals surface area contributed by atoms with Gasteiger partial charge in [0.2, 0.25) is 12.2 Å². The molecule has 0 bridgehead atoms. The monoisotopic (exact) mass is 468 g/mol. The van der Waals surface area contributed by atoms with E-state index < -0.39 is 66.0 Å². The highest BCUT2D eigenvalue weighted by Gasteiger charge is 2.52. The topological polar surface area (TPSA) is 170 Å². The molecule has 1 heterocycles. The summed E-state index contributed by atoms with van der Waals surface area (Å²) in [5.41, 5.74) is -0.384. The van der Waals surface area contributed by atoms with Crippen LogP contribution in [0.5, 0.6) is 5.75 Å². The van der Waals surface area contributed by atoms with Gasteiger partial charge in [0.25, 0.3) is 0 Å². The minimum atomic E-state index is -1.45. The molecule has 33 heavy (non-hydrogen) atoms. The average molecular weight is 468 g/mol. The van der Waals surface area contributed by atoms with Crippen LogP contribution in [0.1, 0.15) is 27.7 Å². The lowest BCUT2D eigenvalue weighted by Gasteiger charge is -2.44. The molecule has 1 aromatic rings. The van der Waals surface area contributed by atoms with Crippen molar-refractivity contribution >= 4 is 29.5 Å². The number of hydrogen-bond acceptors (Lipinski definition) is 11. The fraction of sp³-hybridized carbons (Fsp3) is 0.500. The van der Waals surface area contributed by atoms with Gasteiger partial charge >= 0.3 is 23.6 Å². The standard InChI is InChI=1S/C20H24N2O11/c1-10(23)21-17-19(31-13(4)26)18(30-12(3)25)16(9-29-11(2)24)33-20(17)32-15-8-6-5-7-14(15)22(27)28/h5-8,16-20H,9H2,1-4H3,(H,21,23)/t16-,17+,18+,19+,20-/m1/s1. The Bertz CT molecular complexity index is 919. The lowest BCUT2D eigenvalue weighted by atomic mass is 9.96. The summed E-state index contributed by atoms with van der Waals surface area (Å²) in [4.78, 5) is 57.5. The predicted octanol–water partition coefficient (Wildman–Crippen LogP) is 0.630. The van der Waals surface area contributed by atoms with Crippen LogP contribution >= 0.6 is 0 Å². The fourth-order valence-electron chi connectivity index (χ4n) is 3.22. The first-order valence-corrected chi connectivity index (χ1v) is 9.80. The van der Waals surface area contributed by atoms with Gasteiger partial charge in [-0.2, -0.15) is 0 Å². The smallest absolute Gasteiger partial charge is 0.311 e. The number of amides is 1. The van der Waals surface area contributed by atoms with Crippen molar-refractivity contribution in [3.05, 3.63) is 34.4 Å². The van der Waals surface area contributed by atoms with Crippen molar-refractivity contribution in [1.29, 1.82) is 0 Å². The Labute approximate surface area is 188 Å². The highest BCUT2D eigenvalue weighted by atomic mass is 16.7. The number of nitrogens with one attached hydrogen (secondary N) is 1. The molecule has 1 aliphatic heterocycles. The van der Waals surface area contributed by atoms with Crippen LogP contribution in [0.15, 0.2) is 24.3 Å². The van der Waals surface area contributed by atoms with Gasteiger partial charge in [-0.25, -0.2) is 0 Å². The predicted molar refractivity (Wildman–Crippen MR) is 108 cm³/mol. The number of nitrogens with zero attached hydrogens (tertiary/aromatic N) is 1. The van der Waals surface area contributed by atoms with E-state index in [4.69, 9.17) is 23.7 Å². The highest BCUT2D eigenvalue weighted by molar-refractivity contribution is 5.73. The lowest BCUT2D eigenvalue weighted by Crippen LogP contribution is -2.67. The van der Waals surface area contributed by atoms with Crippen LogP contribution in [-0.4, -0.2) is 66.0 Å². The SMILES string of the molecule is CC(=O)N[C@@H]1[C@H](Oc2ccccc2[N+](=O)[O-])O[C@H](COC(C)=O)[C@H](OC(C)=O)[C@H]1OC(C)=O. The molecule has 0 saturated carbocycles. The number of esters is 3. The quantitative estimate of drug-likeness (QED) is 0.246. The van der Waals surface area contributed by atoms with Gasteiger partial charge in [-0.3, -0.25) is 29.3 Å². The second-order valence-electron chi connectivity index (χ2n) is 7.06. The van der Waals surface area contributed by atoms with E-state index >= 15 is 0 Å². The molecule has 5 atom stereocenters. The summed E-state index contributed by atoms with van der Waals surface area (Å²) < 4.78 is 27.1. The summed E-state index contributed by atoms with van der Waals surface area (Å²) in [6, 6.07) is 4.18. The third-order valence-corrected chi connectivity index (χ3v) is 4.38. The molecule has 180 valence electrons. The zero-order valence-corrected chi connectivity index (χ0v) is 18.3. The minimum Gasteiger partial charge on any atom is -0.463 e. The molecule has 1 fully saturated rings. The van der Waals surface area contributed by atoms with Gasteiger partial charge in [-0.1, -0.05) is 12.1 Å². The van der Waals surface area contributed by atoms with E-state index in [0.29, 0.717) is 0 Å². The van der Waals surface area contributed by atoms with Gasteiger partial charge in [-0.05, 0) is 6.07 Å². The molecule has 2 rings (SSSR count). The zero-order chi connectivity index (χ0) is 24.7. The number of rotatable bonds is 8. The van der Waals surface area contributed by atoms with E-state index in [1.807, 2.05) is 0 Å². The largest absolute Gasteiger partial charge is 0.463 e. The van der Waals surface area contributed by atoms with Crippen LogP contribution < -0.4 is 10.1 Å². The summed E-state index contributed by atoms with van der Waals surface area (Å²) in [6.45, 7) is 4.11. The Morgan fingerprint density at radius 3 is 2.15 bits per heavy atom. The molecule has 13 nitrogen and oxygen atoms in total. The summed E-state index contributed by atoms with van der Waals surface area (Å²) in [7, 11) is 0. The average Bonchev–Trinajstić information content (AvgIpc) is 2.70. The maximum Gasteiger partial charge on any atom is 0.311 e. The van der Waals surface area contributed by atoms with E-state index in [1.165, 1.54) is 31.2 Å². The first-order chi connectivity index (χ1) is 15.5. The van der Waals surface area contributed by atoms with Crippen LogP contribution in [0, 0.1) is 10.1 Å². The number of carbonyl (C=O) groups is 4. The normalized spacial score (nSPS) is 24.2. The Morgan fingerprint density at radius 1 is 1.00 bits per heavy atom. The Hall–Kier alpha value is -3.74. The maximum absolute atomic E-state index is 11.9. The highest BCUT2D eigenvalue weighted by Crippen LogP contribution is 2.32. The molecule has 0 unspecified atom stereocenters. The van der Waals surface area contributed by atoms with Crippen LogP contribution in [0.25, 0.3) is 0 Å². The molecular weight excluding hydrogens is 444 g/mol. The number of benzene rings is 1. The van der Waals surface area contributed by atoms with Crippen LogP contribution in [0.3, 0.4) is 0 Å². The minimum absolute atomic E-state index is 0.193. The van der Waals surface area contributed by atoms with Gasteiger partial charge in [0.1, 0.15) is 18.8 Å². The maximum atomic E-state index is 11.9. The van der Waals surface area contributed by atoms with Crippen molar-refractivity contribution in [1.82, 2.24) is 5.32 Å². The molecule has 1 amide bonds. The zero-order valence-electron chi connectivity index (χ0n) is 18.3. The second kappa shape index (κ2) is 11.2. The molecule has 13 heteroatoms. The van der Waals surface area contributed by atoms with E-state index in [2.05, 4.69) is 5.32 Å². The Balaban J connectivity index is 2.51. The van der Waals surface area contributed by atoms with Crippen molar-refractivity contribution < 1.29 is 47.8 Å². The molecule has 1 saturated heterocycles. The number of hydrogen-bond donors (Lipinski definition) is 1. The van der Waals surface area contributed by atoms with Gasteiger partial charge in [0.15, 0.2) is 18.0 Å². The fourth-order valence-corrected chi connectivity index (χ4v) is 3.22. The van der Waals surface area contributed by atoms with Gasteiger partial charge < -0.3 is 29.0 Å². The third-order valence-electron chi connectivity index (χ3n) is 4.38. The molecule has 0 spiro atoms. The summed E-state index contributed by atoms with van der Waals surface area (Å²) in [5.74, 6) is -2.96. The van der Waals surface area contributed by atoms with Crippen molar-refractivity contribution in [2.75, 3.05) is 6.61 Å². The third kappa shape index (κ3) is 7.14. The van der Waals surface area contributed by atoms with Crippen molar-refractivity contribution in [2.45, 2.75) is 58.3 Å². The molecule has 0 aliphatic carbocycles. The molecular formula is C20H24N2O11. The number of nitro benzene ring substituents is 1. The Kier molecular flexibility index (Phi) is 8.68.